The summed E-state index contributed by atoms with van der Waals surface area (Å²) < 4.78 is 19.2. The Morgan fingerprint density at radius 1 is 1.24 bits per heavy atom. The molecule has 3 aromatic rings. The highest BCUT2D eigenvalue weighted by atomic mass is 32.1. The molecule has 0 spiro atoms. The lowest BCUT2D eigenvalue weighted by Crippen LogP contribution is -2.09. The number of nitrogens with zero attached hydrogens (tertiary/aromatic N) is 1. The number of carbonyl (C=O) groups excluding carboxylic acids is 1. The van der Waals surface area contributed by atoms with Gasteiger partial charge >= 0.3 is 5.97 Å². The highest BCUT2D eigenvalue weighted by Gasteiger charge is 2.30. The molecule has 4 nitrogen and oxygen atoms in total. The smallest absolute Gasteiger partial charge is 0.340 e. The molecule has 1 aromatic heterocycles. The minimum absolute atomic E-state index is 0.296. The Kier molecular flexibility index (Phi) is 2.65. The van der Waals surface area contributed by atoms with E-state index in [0.29, 0.717) is 16.2 Å². The van der Waals surface area contributed by atoms with Gasteiger partial charge < -0.3 is 10.1 Å². The molecule has 0 bridgehead atoms. The number of hydrogen-bond donors (Lipinski definition) is 1. The molecule has 21 heavy (non-hydrogen) atoms. The lowest BCUT2D eigenvalue weighted by atomic mass is 10.1. The van der Waals surface area contributed by atoms with Crippen molar-refractivity contribution in [3.05, 3.63) is 59.4 Å². The highest BCUT2D eigenvalue weighted by molar-refractivity contribution is 7.22. The van der Waals surface area contributed by atoms with Crippen LogP contribution in [0.3, 0.4) is 0 Å². The van der Waals surface area contributed by atoms with Gasteiger partial charge in [0.1, 0.15) is 5.82 Å². The van der Waals surface area contributed by atoms with Gasteiger partial charge in [-0.05, 0) is 24.3 Å². The van der Waals surface area contributed by atoms with Crippen molar-refractivity contribution in [1.82, 2.24) is 4.98 Å². The van der Waals surface area contributed by atoms with Crippen LogP contribution in [-0.4, -0.2) is 11.0 Å². The van der Waals surface area contributed by atoms with Gasteiger partial charge in [-0.1, -0.05) is 29.5 Å². The van der Waals surface area contributed by atoms with Crippen molar-refractivity contribution < 1.29 is 13.9 Å². The Labute approximate surface area is 123 Å². The number of nitrogens with one attached hydrogen (secondary N) is 1. The second kappa shape index (κ2) is 4.53. The van der Waals surface area contributed by atoms with Crippen LogP contribution in [0.1, 0.15) is 22.1 Å². The Morgan fingerprint density at radius 3 is 3.00 bits per heavy atom. The summed E-state index contributed by atoms with van der Waals surface area (Å²) in [6.45, 7) is 0. The topological polar surface area (TPSA) is 51.2 Å². The fourth-order valence-electron chi connectivity index (χ4n) is 2.33. The van der Waals surface area contributed by atoms with Crippen LogP contribution in [0.2, 0.25) is 0 Å². The van der Waals surface area contributed by atoms with E-state index in [-0.39, 0.29) is 11.8 Å². The Morgan fingerprint density at radius 2 is 2.10 bits per heavy atom. The summed E-state index contributed by atoms with van der Waals surface area (Å²) in [5, 5.41) is 3.67. The molecule has 104 valence electrons. The first-order valence-corrected chi connectivity index (χ1v) is 7.15. The van der Waals surface area contributed by atoms with Gasteiger partial charge in [-0.2, -0.15) is 0 Å². The van der Waals surface area contributed by atoms with Gasteiger partial charge in [0.2, 0.25) is 6.23 Å². The summed E-state index contributed by atoms with van der Waals surface area (Å²) in [7, 11) is 0. The molecule has 6 heteroatoms. The monoisotopic (exact) mass is 300 g/mol. The fourth-order valence-corrected chi connectivity index (χ4v) is 3.23. The number of ether oxygens (including phenoxy) is 1. The second-order valence-electron chi connectivity index (χ2n) is 4.65. The largest absolute Gasteiger partial charge is 0.434 e. The Hall–Kier alpha value is -2.47. The predicted molar refractivity (Wildman–Crippen MR) is 77.8 cm³/mol. The average molecular weight is 300 g/mol. The number of hydrogen-bond acceptors (Lipinski definition) is 5. The summed E-state index contributed by atoms with van der Waals surface area (Å²) in [6.07, 6.45) is -0.556. The molecule has 0 saturated carbocycles. The van der Waals surface area contributed by atoms with E-state index < -0.39 is 6.23 Å². The minimum Gasteiger partial charge on any atom is -0.434 e. The number of fused-ring (bicyclic) bond motifs is 2. The zero-order valence-electron chi connectivity index (χ0n) is 10.7. The fraction of sp³-hybridized carbons (Fsp3) is 0.0667. The second-order valence-corrected chi connectivity index (χ2v) is 5.68. The van der Waals surface area contributed by atoms with Gasteiger partial charge in [0.25, 0.3) is 0 Å². The van der Waals surface area contributed by atoms with E-state index in [0.717, 1.165) is 10.3 Å². The Balaban J connectivity index is 1.68. The average Bonchev–Trinajstić information content (AvgIpc) is 3.01. The van der Waals surface area contributed by atoms with Crippen molar-refractivity contribution in [3.8, 4) is 0 Å². The molecule has 2 heterocycles. The van der Waals surface area contributed by atoms with E-state index in [1.165, 1.54) is 23.5 Å². The summed E-state index contributed by atoms with van der Waals surface area (Å²) in [6, 6.07) is 11.6. The Bertz CT molecular complexity index is 862. The maximum absolute atomic E-state index is 13.2. The first kappa shape index (κ1) is 12.3. The normalized spacial score (nSPS) is 16.8. The van der Waals surface area contributed by atoms with Gasteiger partial charge in [-0.3, -0.25) is 0 Å². The van der Waals surface area contributed by atoms with Crippen molar-refractivity contribution in [1.29, 1.82) is 0 Å². The van der Waals surface area contributed by atoms with Crippen molar-refractivity contribution in [2.45, 2.75) is 6.23 Å². The van der Waals surface area contributed by atoms with E-state index in [4.69, 9.17) is 4.74 Å². The maximum Gasteiger partial charge on any atom is 0.340 e. The van der Waals surface area contributed by atoms with Crippen LogP contribution in [0.25, 0.3) is 10.2 Å². The van der Waals surface area contributed by atoms with Crippen LogP contribution < -0.4 is 5.32 Å². The number of anilines is 1. The summed E-state index contributed by atoms with van der Waals surface area (Å²) in [4.78, 5) is 16.1. The van der Waals surface area contributed by atoms with Gasteiger partial charge in [-0.25, -0.2) is 14.2 Å². The number of halogens is 1. The molecule has 1 N–H and O–H groups in total. The number of cyclic esters (lactones) is 1. The van der Waals surface area contributed by atoms with Gasteiger partial charge in [-0.15, -0.1) is 0 Å². The van der Waals surface area contributed by atoms with Crippen LogP contribution in [-0.2, 0) is 4.74 Å². The molecule has 1 aliphatic heterocycles. The molecule has 0 radical (unpaired) electrons. The number of benzene rings is 2. The molecule has 0 unspecified atom stereocenters. The molecule has 0 amide bonds. The number of esters is 1. The lowest BCUT2D eigenvalue weighted by molar-refractivity contribution is 0.0437. The summed E-state index contributed by atoms with van der Waals surface area (Å²) in [5.74, 6) is -0.648. The predicted octanol–water partition coefficient (Wildman–Crippen LogP) is 3.72. The van der Waals surface area contributed by atoms with E-state index in [1.807, 2.05) is 12.1 Å². The van der Waals surface area contributed by atoms with Crippen LogP contribution in [0.5, 0.6) is 0 Å². The van der Waals surface area contributed by atoms with Crippen LogP contribution >= 0.6 is 11.3 Å². The van der Waals surface area contributed by atoms with Crippen molar-refractivity contribution >= 4 is 32.7 Å². The van der Waals surface area contributed by atoms with Crippen LogP contribution in [0.15, 0.2) is 42.5 Å². The molecule has 4 rings (SSSR count). The minimum atomic E-state index is -0.556. The van der Waals surface area contributed by atoms with Crippen LogP contribution in [0, 0.1) is 5.82 Å². The number of thiazole rings is 1. The number of rotatable bonds is 2. The molecule has 1 aliphatic rings. The molecule has 0 saturated heterocycles. The number of carbonyl (C=O) groups is 1. The van der Waals surface area contributed by atoms with Crippen molar-refractivity contribution in [2.24, 2.45) is 0 Å². The van der Waals surface area contributed by atoms with Gasteiger partial charge in [0, 0.05) is 5.56 Å². The maximum atomic E-state index is 13.2. The first-order chi connectivity index (χ1) is 10.2. The molecule has 2 aromatic carbocycles. The van der Waals surface area contributed by atoms with Gasteiger partial charge in [0.05, 0.1) is 15.8 Å². The van der Waals surface area contributed by atoms with Crippen LogP contribution in [0.4, 0.5) is 9.52 Å². The molecule has 1 atom stereocenters. The molecular formula is C15H9FN2O2S. The van der Waals surface area contributed by atoms with E-state index in [1.54, 1.807) is 18.2 Å². The van der Waals surface area contributed by atoms with Gasteiger partial charge in [0.15, 0.2) is 5.13 Å². The third kappa shape index (κ3) is 2.04. The molecular weight excluding hydrogens is 291 g/mol. The zero-order valence-corrected chi connectivity index (χ0v) is 11.5. The van der Waals surface area contributed by atoms with E-state index in [9.17, 15) is 9.18 Å². The quantitative estimate of drug-likeness (QED) is 0.733. The van der Waals surface area contributed by atoms with Crippen molar-refractivity contribution in [2.75, 3.05) is 5.32 Å². The third-order valence-electron chi connectivity index (χ3n) is 3.29. The van der Waals surface area contributed by atoms with Crippen molar-refractivity contribution in [3.63, 3.8) is 0 Å². The zero-order chi connectivity index (χ0) is 14.4. The lowest BCUT2D eigenvalue weighted by Gasteiger charge is -2.11. The SMILES string of the molecule is O=C1O[C@H](Nc2nc3ccc(F)cc3s2)c2ccccc21. The number of aromatic nitrogens is 1. The molecule has 0 aliphatic carbocycles. The third-order valence-corrected chi connectivity index (χ3v) is 4.24. The summed E-state index contributed by atoms with van der Waals surface area (Å²) in [5.41, 5.74) is 2.05. The summed E-state index contributed by atoms with van der Waals surface area (Å²) >= 11 is 1.32. The van der Waals surface area contributed by atoms with E-state index in [2.05, 4.69) is 10.3 Å². The molecule has 0 fully saturated rings. The standard InChI is InChI=1S/C15H9FN2O2S/c16-8-5-6-11-12(7-8)21-15(17-11)18-13-9-3-1-2-4-10(9)14(19)20-13/h1-7,13H,(H,17,18)/t13-/m0/s1. The first-order valence-electron chi connectivity index (χ1n) is 6.33. The highest BCUT2D eigenvalue weighted by Crippen LogP contribution is 2.34. The van der Waals surface area contributed by atoms with E-state index >= 15 is 0 Å².